The van der Waals surface area contributed by atoms with Crippen LogP contribution in [0.25, 0.3) is 22.9 Å². The summed E-state index contributed by atoms with van der Waals surface area (Å²) in [5.74, 6) is 0.378. The molecule has 1 fully saturated rings. The fourth-order valence-electron chi connectivity index (χ4n) is 4.79. The summed E-state index contributed by atoms with van der Waals surface area (Å²) in [5, 5.41) is 8.98. The van der Waals surface area contributed by atoms with Crippen LogP contribution in [0.1, 0.15) is 47.1 Å². The molecule has 35 heavy (non-hydrogen) atoms. The molecule has 2 aromatic carbocycles. The number of hydrogen-bond donors (Lipinski definition) is 1. The van der Waals surface area contributed by atoms with E-state index in [1.807, 2.05) is 30.6 Å². The second kappa shape index (κ2) is 9.63. The smallest absolute Gasteiger partial charge is 0.328 e. The first kappa shape index (κ1) is 22.7. The van der Waals surface area contributed by atoms with Crippen LogP contribution in [0.2, 0.25) is 0 Å². The van der Waals surface area contributed by atoms with Crippen LogP contribution in [0.3, 0.4) is 0 Å². The van der Waals surface area contributed by atoms with Gasteiger partial charge in [-0.15, -0.1) is 0 Å². The van der Waals surface area contributed by atoms with Gasteiger partial charge in [0, 0.05) is 24.7 Å². The van der Waals surface area contributed by atoms with Crippen molar-refractivity contribution in [3.63, 3.8) is 0 Å². The Morgan fingerprint density at radius 3 is 2.51 bits per heavy atom. The predicted molar refractivity (Wildman–Crippen MR) is 139 cm³/mol. The van der Waals surface area contributed by atoms with Crippen molar-refractivity contribution in [1.82, 2.24) is 9.38 Å². The fraction of sp³-hybridized carbons (Fsp3) is 0.200. The third kappa shape index (κ3) is 4.62. The van der Waals surface area contributed by atoms with Crippen LogP contribution in [0.5, 0.6) is 5.75 Å². The average Bonchev–Trinajstić information content (AvgIpc) is 3.30. The van der Waals surface area contributed by atoms with Gasteiger partial charge >= 0.3 is 5.97 Å². The number of benzene rings is 2. The lowest BCUT2D eigenvalue weighted by atomic mass is 9.72. The van der Waals surface area contributed by atoms with Crippen LogP contribution in [0, 0.1) is 12.8 Å². The van der Waals surface area contributed by atoms with Gasteiger partial charge in [-0.2, -0.15) is 0 Å². The maximum atomic E-state index is 10.9. The van der Waals surface area contributed by atoms with Crippen LogP contribution >= 0.6 is 0 Å². The summed E-state index contributed by atoms with van der Waals surface area (Å²) in [6.45, 7) is 2.15. The summed E-state index contributed by atoms with van der Waals surface area (Å²) in [6.07, 6.45) is 12.3. The highest BCUT2D eigenvalue weighted by Crippen LogP contribution is 2.46. The second-order valence-electron chi connectivity index (χ2n) is 9.00. The van der Waals surface area contributed by atoms with Crippen LogP contribution in [0.15, 0.2) is 79.3 Å². The molecule has 5 nitrogen and oxygen atoms in total. The molecular weight excluding hydrogens is 436 g/mol. The van der Waals surface area contributed by atoms with E-state index < -0.39 is 5.97 Å². The van der Waals surface area contributed by atoms with Crippen molar-refractivity contribution in [2.75, 3.05) is 7.11 Å². The molecule has 4 aromatic rings. The lowest BCUT2D eigenvalue weighted by molar-refractivity contribution is -0.131. The van der Waals surface area contributed by atoms with Crippen LogP contribution in [0.4, 0.5) is 0 Å². The van der Waals surface area contributed by atoms with E-state index >= 15 is 0 Å². The summed E-state index contributed by atoms with van der Waals surface area (Å²) in [6, 6.07) is 18.7. The topological polar surface area (TPSA) is 63.8 Å². The molecule has 2 heterocycles. The second-order valence-corrected chi connectivity index (χ2v) is 9.00. The quantitative estimate of drug-likeness (QED) is 0.250. The van der Waals surface area contributed by atoms with E-state index in [1.54, 1.807) is 13.2 Å². The summed E-state index contributed by atoms with van der Waals surface area (Å²) >= 11 is 0. The summed E-state index contributed by atoms with van der Waals surface area (Å²) in [5.41, 5.74) is 8.98. The Labute approximate surface area is 205 Å². The van der Waals surface area contributed by atoms with Gasteiger partial charge in [0.1, 0.15) is 11.4 Å². The number of imidazole rings is 1. The van der Waals surface area contributed by atoms with E-state index in [2.05, 4.69) is 58.9 Å². The highest BCUT2D eigenvalue weighted by Gasteiger charge is 2.28. The SMILES string of the molecule is COc1ccc(C(=C(c2ccc(C=CC(=O)O)cc2)c2ccc3nccn3c2)C2CCC2)c(C)c1. The Morgan fingerprint density at radius 1 is 1.09 bits per heavy atom. The lowest BCUT2D eigenvalue weighted by Crippen LogP contribution is -2.16. The van der Waals surface area contributed by atoms with Crippen LogP contribution in [-0.2, 0) is 4.79 Å². The lowest BCUT2D eigenvalue weighted by Gasteiger charge is -2.32. The number of fused-ring (bicyclic) bond motifs is 1. The Kier molecular flexibility index (Phi) is 6.23. The van der Waals surface area contributed by atoms with Gasteiger partial charge in [-0.05, 0) is 95.0 Å². The van der Waals surface area contributed by atoms with Crippen molar-refractivity contribution in [2.24, 2.45) is 5.92 Å². The Balaban J connectivity index is 1.74. The van der Waals surface area contributed by atoms with E-state index in [0.29, 0.717) is 5.92 Å². The zero-order valence-electron chi connectivity index (χ0n) is 19.9. The molecule has 0 aliphatic heterocycles. The van der Waals surface area contributed by atoms with Crippen molar-refractivity contribution in [2.45, 2.75) is 26.2 Å². The Morgan fingerprint density at radius 2 is 1.86 bits per heavy atom. The molecule has 0 atom stereocenters. The number of carboxylic acids is 1. The molecule has 0 bridgehead atoms. The molecule has 1 aliphatic carbocycles. The molecule has 0 amide bonds. The molecular formula is C30H28N2O3. The van der Waals surface area contributed by atoms with Gasteiger partial charge in [-0.1, -0.05) is 36.8 Å². The zero-order valence-corrected chi connectivity index (χ0v) is 19.9. The molecule has 5 heteroatoms. The number of hydrogen-bond acceptors (Lipinski definition) is 3. The molecule has 0 radical (unpaired) electrons. The number of pyridine rings is 1. The number of aryl methyl sites for hydroxylation is 1. The predicted octanol–water partition coefficient (Wildman–Crippen LogP) is 6.51. The third-order valence-electron chi connectivity index (χ3n) is 6.80. The van der Waals surface area contributed by atoms with Gasteiger partial charge in [0.2, 0.25) is 0 Å². The number of aliphatic carboxylic acids is 1. The summed E-state index contributed by atoms with van der Waals surface area (Å²) < 4.78 is 7.53. The molecule has 0 saturated heterocycles. The molecule has 2 aromatic heterocycles. The third-order valence-corrected chi connectivity index (χ3v) is 6.80. The number of rotatable bonds is 7. The molecule has 0 unspecified atom stereocenters. The number of aromatic nitrogens is 2. The van der Waals surface area contributed by atoms with Gasteiger partial charge in [0.05, 0.1) is 7.11 Å². The number of ether oxygens (including phenoxy) is 1. The van der Waals surface area contributed by atoms with Crippen LogP contribution in [-0.4, -0.2) is 27.6 Å². The number of nitrogens with zero attached hydrogens (tertiary/aromatic N) is 2. The number of carbonyl (C=O) groups is 1. The first-order valence-corrected chi connectivity index (χ1v) is 11.9. The molecule has 1 N–H and O–H groups in total. The maximum absolute atomic E-state index is 10.9. The van der Waals surface area contributed by atoms with E-state index in [-0.39, 0.29) is 0 Å². The van der Waals surface area contributed by atoms with Crippen molar-refractivity contribution >= 4 is 28.8 Å². The molecule has 0 spiro atoms. The summed E-state index contributed by atoms with van der Waals surface area (Å²) in [4.78, 5) is 15.4. The van der Waals surface area contributed by atoms with Crippen molar-refractivity contribution in [3.05, 3.63) is 107 Å². The summed E-state index contributed by atoms with van der Waals surface area (Å²) in [7, 11) is 1.70. The highest BCUT2D eigenvalue weighted by atomic mass is 16.5. The number of methoxy groups -OCH3 is 1. The van der Waals surface area contributed by atoms with E-state index in [4.69, 9.17) is 9.84 Å². The van der Waals surface area contributed by atoms with Crippen molar-refractivity contribution in [1.29, 1.82) is 0 Å². The van der Waals surface area contributed by atoms with Gasteiger partial charge < -0.3 is 14.2 Å². The van der Waals surface area contributed by atoms with E-state index in [0.717, 1.165) is 40.9 Å². The minimum atomic E-state index is -0.953. The fourth-order valence-corrected chi connectivity index (χ4v) is 4.79. The minimum Gasteiger partial charge on any atom is -0.497 e. The average molecular weight is 465 g/mol. The molecule has 1 saturated carbocycles. The molecule has 5 rings (SSSR count). The first-order valence-electron chi connectivity index (χ1n) is 11.9. The standard InChI is InChI=1S/C30H28N2O3/c1-20-18-25(35-2)12-13-26(20)30(22-4-3-5-22)29(24-11-14-27-31-16-17-32(27)19-24)23-9-6-21(7-10-23)8-15-28(33)34/h6-19,22H,3-5H2,1-2H3,(H,33,34). The number of allylic oxidation sites excluding steroid dienone is 1. The number of carboxylic acid groups (broad SMARTS) is 1. The maximum Gasteiger partial charge on any atom is 0.328 e. The van der Waals surface area contributed by atoms with Gasteiger partial charge in [-0.3, -0.25) is 0 Å². The molecule has 1 aliphatic rings. The minimum absolute atomic E-state index is 0.474. The normalized spacial score (nSPS) is 14.7. The van der Waals surface area contributed by atoms with Crippen molar-refractivity contribution in [3.8, 4) is 5.75 Å². The zero-order chi connectivity index (χ0) is 24.4. The van der Waals surface area contributed by atoms with Gasteiger partial charge in [0.15, 0.2) is 0 Å². The monoisotopic (exact) mass is 464 g/mol. The Bertz CT molecular complexity index is 1440. The van der Waals surface area contributed by atoms with Gasteiger partial charge in [-0.25, -0.2) is 9.78 Å². The largest absolute Gasteiger partial charge is 0.497 e. The molecule has 176 valence electrons. The van der Waals surface area contributed by atoms with E-state index in [1.165, 1.54) is 34.8 Å². The van der Waals surface area contributed by atoms with Crippen LogP contribution < -0.4 is 4.74 Å². The van der Waals surface area contributed by atoms with Crippen molar-refractivity contribution < 1.29 is 14.6 Å². The first-order chi connectivity index (χ1) is 17.0. The van der Waals surface area contributed by atoms with E-state index in [9.17, 15) is 4.79 Å². The van der Waals surface area contributed by atoms with Gasteiger partial charge in [0.25, 0.3) is 0 Å². The highest BCUT2D eigenvalue weighted by molar-refractivity contribution is 6.00. The Hall–Kier alpha value is -4.12.